The molecule has 3 nitrogen and oxygen atoms in total. The molecule has 1 heterocycles. The van der Waals surface area contributed by atoms with E-state index in [-0.39, 0.29) is 0 Å². The summed E-state index contributed by atoms with van der Waals surface area (Å²) in [6.07, 6.45) is 3.02. The number of nitrogens with zero attached hydrogens (tertiary/aromatic N) is 1. The molecule has 0 aliphatic heterocycles. The Balaban J connectivity index is 1.79. The van der Waals surface area contributed by atoms with Crippen molar-refractivity contribution in [2.75, 3.05) is 6.26 Å². The van der Waals surface area contributed by atoms with Crippen molar-refractivity contribution in [3.63, 3.8) is 0 Å². The number of benzene rings is 3. The molecule has 0 saturated carbocycles. The lowest BCUT2D eigenvalue weighted by molar-refractivity contribution is 0.602. The molecule has 0 atom stereocenters. The average Bonchev–Trinajstić information content (AvgIpc) is 2.67. The second kappa shape index (κ2) is 6.39. The molecule has 0 unspecified atom stereocenters. The van der Waals surface area contributed by atoms with Crippen LogP contribution in [-0.4, -0.2) is 19.7 Å². The Morgan fingerprint density at radius 3 is 2.08 bits per heavy atom. The maximum absolute atomic E-state index is 11.8. The summed E-state index contributed by atoms with van der Waals surface area (Å²) in [7, 11) is -3.23. The fourth-order valence-corrected chi connectivity index (χ4v) is 3.71. The zero-order valence-electron chi connectivity index (χ0n) is 14.3. The maximum atomic E-state index is 11.8. The summed E-state index contributed by atoms with van der Waals surface area (Å²) in [5.41, 5.74) is 5.02. The lowest BCUT2D eigenvalue weighted by atomic mass is 9.98. The second-order valence-corrected chi connectivity index (χ2v) is 8.31. The number of rotatable bonds is 3. The van der Waals surface area contributed by atoms with Crippen LogP contribution in [-0.2, 0) is 9.84 Å². The van der Waals surface area contributed by atoms with Crippen LogP contribution in [0.1, 0.15) is 0 Å². The number of hydrogen-bond acceptors (Lipinski definition) is 3. The van der Waals surface area contributed by atoms with Crippen molar-refractivity contribution in [2.24, 2.45) is 0 Å². The van der Waals surface area contributed by atoms with Gasteiger partial charge in [0.05, 0.1) is 10.4 Å². The molecule has 1 aromatic heterocycles. The Morgan fingerprint density at radius 1 is 0.692 bits per heavy atom. The molecule has 0 fully saturated rings. The molecular formula is C22H17NO2S. The van der Waals surface area contributed by atoms with E-state index in [0.29, 0.717) is 4.90 Å². The molecule has 128 valence electrons. The van der Waals surface area contributed by atoms with Crippen LogP contribution < -0.4 is 0 Å². The van der Waals surface area contributed by atoms with E-state index in [1.165, 1.54) is 6.26 Å². The van der Waals surface area contributed by atoms with Crippen LogP contribution in [0, 0.1) is 0 Å². The molecule has 0 saturated heterocycles. The zero-order valence-corrected chi connectivity index (χ0v) is 15.1. The van der Waals surface area contributed by atoms with Gasteiger partial charge in [-0.3, -0.25) is 4.98 Å². The highest BCUT2D eigenvalue weighted by molar-refractivity contribution is 7.90. The molecule has 0 spiro atoms. The largest absolute Gasteiger partial charge is 0.256 e. The minimum atomic E-state index is -3.23. The number of pyridine rings is 1. The van der Waals surface area contributed by atoms with E-state index in [1.807, 2.05) is 36.4 Å². The van der Waals surface area contributed by atoms with Gasteiger partial charge in [-0.1, -0.05) is 42.5 Å². The smallest absolute Gasteiger partial charge is 0.175 e. The summed E-state index contributed by atoms with van der Waals surface area (Å²) in [4.78, 5) is 4.69. The quantitative estimate of drug-likeness (QED) is 0.519. The Labute approximate surface area is 152 Å². The third kappa shape index (κ3) is 3.24. The van der Waals surface area contributed by atoms with Gasteiger partial charge in [-0.25, -0.2) is 8.42 Å². The van der Waals surface area contributed by atoms with E-state index in [4.69, 9.17) is 0 Å². The molecule has 3 aromatic carbocycles. The molecule has 4 heteroatoms. The highest BCUT2D eigenvalue weighted by Gasteiger charge is 2.09. The van der Waals surface area contributed by atoms with Crippen LogP contribution in [0.3, 0.4) is 0 Å². The lowest BCUT2D eigenvalue weighted by Gasteiger charge is -2.08. The predicted octanol–water partition coefficient (Wildman–Crippen LogP) is 4.97. The molecule has 4 aromatic rings. The van der Waals surface area contributed by atoms with Gasteiger partial charge in [0, 0.05) is 17.8 Å². The molecular weight excluding hydrogens is 342 g/mol. The van der Waals surface area contributed by atoms with Crippen molar-refractivity contribution in [1.29, 1.82) is 0 Å². The molecule has 26 heavy (non-hydrogen) atoms. The number of fused-ring (bicyclic) bond motifs is 1. The SMILES string of the molecule is CS(=O)(=O)c1cccc(-c2cccc(-c3ccc4ncccc4c3)c2)c1. The predicted molar refractivity (Wildman–Crippen MR) is 106 cm³/mol. The Bertz CT molecular complexity index is 1210. The van der Waals surface area contributed by atoms with Gasteiger partial charge >= 0.3 is 0 Å². The topological polar surface area (TPSA) is 47.0 Å². The first kappa shape index (κ1) is 16.5. The van der Waals surface area contributed by atoms with Crippen molar-refractivity contribution in [1.82, 2.24) is 4.98 Å². The summed E-state index contributed by atoms with van der Waals surface area (Å²) in [5, 5.41) is 1.09. The van der Waals surface area contributed by atoms with Crippen LogP contribution >= 0.6 is 0 Å². The Hall–Kier alpha value is -2.98. The van der Waals surface area contributed by atoms with Crippen molar-refractivity contribution < 1.29 is 8.42 Å². The van der Waals surface area contributed by atoms with E-state index < -0.39 is 9.84 Å². The molecule has 0 amide bonds. The summed E-state index contributed by atoms with van der Waals surface area (Å²) < 4.78 is 23.6. The fraction of sp³-hybridized carbons (Fsp3) is 0.0455. The third-order valence-corrected chi connectivity index (χ3v) is 5.50. The van der Waals surface area contributed by atoms with Crippen LogP contribution in [0.5, 0.6) is 0 Å². The third-order valence-electron chi connectivity index (χ3n) is 4.39. The van der Waals surface area contributed by atoms with Crippen LogP contribution in [0.2, 0.25) is 0 Å². The summed E-state index contributed by atoms with van der Waals surface area (Å²) >= 11 is 0. The Kier molecular flexibility index (Phi) is 4.05. The molecule has 0 N–H and O–H groups in total. The summed E-state index contributed by atoms with van der Waals surface area (Å²) in [6.45, 7) is 0. The first-order valence-electron chi connectivity index (χ1n) is 8.26. The van der Waals surface area contributed by atoms with Crippen molar-refractivity contribution >= 4 is 20.7 Å². The van der Waals surface area contributed by atoms with Gasteiger partial charge in [0.15, 0.2) is 9.84 Å². The molecule has 0 aliphatic carbocycles. The van der Waals surface area contributed by atoms with Crippen LogP contribution in [0.25, 0.3) is 33.2 Å². The minimum absolute atomic E-state index is 0.331. The number of aromatic nitrogens is 1. The van der Waals surface area contributed by atoms with Gasteiger partial charge < -0.3 is 0 Å². The van der Waals surface area contributed by atoms with E-state index >= 15 is 0 Å². The van der Waals surface area contributed by atoms with Crippen molar-refractivity contribution in [2.45, 2.75) is 4.90 Å². The van der Waals surface area contributed by atoms with Crippen LogP contribution in [0.15, 0.2) is 90.0 Å². The zero-order chi connectivity index (χ0) is 18.1. The van der Waals surface area contributed by atoms with Gasteiger partial charge in [-0.05, 0) is 58.7 Å². The van der Waals surface area contributed by atoms with E-state index in [0.717, 1.165) is 33.2 Å². The molecule has 4 rings (SSSR count). The average molecular weight is 359 g/mol. The number of hydrogen-bond donors (Lipinski definition) is 0. The summed E-state index contributed by atoms with van der Waals surface area (Å²) in [6, 6.07) is 25.3. The molecule has 0 bridgehead atoms. The van der Waals surface area contributed by atoms with Crippen LogP contribution in [0.4, 0.5) is 0 Å². The monoisotopic (exact) mass is 359 g/mol. The number of sulfone groups is 1. The van der Waals surface area contributed by atoms with E-state index in [2.05, 4.69) is 29.2 Å². The fourth-order valence-electron chi connectivity index (χ4n) is 3.04. The van der Waals surface area contributed by atoms with Gasteiger partial charge in [-0.15, -0.1) is 0 Å². The van der Waals surface area contributed by atoms with Gasteiger partial charge in [0.25, 0.3) is 0 Å². The van der Waals surface area contributed by atoms with Gasteiger partial charge in [0.2, 0.25) is 0 Å². The Morgan fingerprint density at radius 2 is 1.35 bits per heavy atom. The molecule has 0 aliphatic rings. The van der Waals surface area contributed by atoms with Gasteiger partial charge in [-0.2, -0.15) is 0 Å². The highest BCUT2D eigenvalue weighted by Crippen LogP contribution is 2.29. The first-order valence-corrected chi connectivity index (χ1v) is 10.2. The van der Waals surface area contributed by atoms with E-state index in [9.17, 15) is 8.42 Å². The van der Waals surface area contributed by atoms with Crippen molar-refractivity contribution in [3.8, 4) is 22.3 Å². The maximum Gasteiger partial charge on any atom is 0.175 e. The lowest BCUT2D eigenvalue weighted by Crippen LogP contribution is -1.96. The normalized spacial score (nSPS) is 11.6. The minimum Gasteiger partial charge on any atom is -0.256 e. The second-order valence-electron chi connectivity index (χ2n) is 6.29. The van der Waals surface area contributed by atoms with Crippen molar-refractivity contribution in [3.05, 3.63) is 85.1 Å². The summed E-state index contributed by atoms with van der Waals surface area (Å²) in [5.74, 6) is 0. The first-order chi connectivity index (χ1) is 12.5. The molecule has 0 radical (unpaired) electrons. The highest BCUT2D eigenvalue weighted by atomic mass is 32.2. The van der Waals surface area contributed by atoms with Gasteiger partial charge in [0.1, 0.15) is 0 Å². The van der Waals surface area contributed by atoms with E-state index in [1.54, 1.807) is 24.4 Å². The standard InChI is InChI=1S/C22H17NO2S/c1-26(24,25)21-9-3-7-18(15-21)16-5-2-6-17(13-16)19-10-11-22-20(14-19)8-4-12-23-22/h2-15H,1H3.